The third-order valence-electron chi connectivity index (χ3n) is 2.63. The third-order valence-corrected chi connectivity index (χ3v) is 2.63. The molecule has 0 amide bonds. The van der Waals surface area contributed by atoms with E-state index < -0.39 is 0 Å². The second kappa shape index (κ2) is 8.66. The number of aromatic nitrogens is 2. The highest BCUT2D eigenvalue weighted by Gasteiger charge is 2.10. The van der Waals surface area contributed by atoms with Crippen molar-refractivity contribution in [3.05, 3.63) is 11.8 Å². The van der Waals surface area contributed by atoms with E-state index >= 15 is 0 Å². The predicted octanol–water partition coefficient (Wildman–Crippen LogP) is 1.05. The normalized spacial score (nSPS) is 10.5. The van der Waals surface area contributed by atoms with E-state index in [1.807, 2.05) is 17.9 Å². The summed E-state index contributed by atoms with van der Waals surface area (Å²) in [6, 6.07) is 1.92. The van der Waals surface area contributed by atoms with Gasteiger partial charge in [0, 0.05) is 38.5 Å². The van der Waals surface area contributed by atoms with E-state index in [9.17, 15) is 0 Å². The highest BCUT2D eigenvalue weighted by molar-refractivity contribution is 5.44. The maximum absolute atomic E-state index is 9.14. The average Bonchev–Trinajstić information content (AvgIpc) is 2.40. The Hall–Kier alpha value is -1.40. The number of aliphatic hydroxyl groups is 1. The van der Waals surface area contributed by atoms with Crippen LogP contribution in [0.3, 0.4) is 0 Å². The molecular weight excluding hydrogens is 244 g/mol. The summed E-state index contributed by atoms with van der Waals surface area (Å²) in [5.74, 6) is 1.45. The third kappa shape index (κ3) is 5.40. The molecule has 0 bridgehead atoms. The van der Waals surface area contributed by atoms with Crippen molar-refractivity contribution in [3.8, 4) is 0 Å². The van der Waals surface area contributed by atoms with Crippen LogP contribution >= 0.6 is 0 Å². The summed E-state index contributed by atoms with van der Waals surface area (Å²) < 4.78 is 5.08. The van der Waals surface area contributed by atoms with Crippen molar-refractivity contribution in [1.82, 2.24) is 9.97 Å². The van der Waals surface area contributed by atoms with Gasteiger partial charge in [0.05, 0.1) is 13.2 Å². The Balaban J connectivity index is 2.84. The molecule has 0 saturated carbocycles. The Morgan fingerprint density at radius 3 is 2.79 bits per heavy atom. The number of ether oxygens (including phenoxy) is 1. The van der Waals surface area contributed by atoms with Crippen LogP contribution in [0.1, 0.15) is 19.0 Å². The number of methoxy groups -OCH3 is 1. The number of anilines is 2. The molecule has 0 fully saturated rings. The number of hydrogen-bond acceptors (Lipinski definition) is 6. The Morgan fingerprint density at radius 1 is 1.37 bits per heavy atom. The smallest absolute Gasteiger partial charge is 0.224 e. The standard InChI is InChI=1S/C13H24N4O2/c1-4-5-14-13-15-11(2)10-12(16-13)17(6-8-18)7-9-19-3/h10,18H,4-9H2,1-3H3,(H,14,15,16). The summed E-state index contributed by atoms with van der Waals surface area (Å²) >= 11 is 0. The van der Waals surface area contributed by atoms with Gasteiger partial charge in [0.15, 0.2) is 0 Å². The minimum atomic E-state index is 0.0878. The molecule has 108 valence electrons. The number of rotatable bonds is 9. The fourth-order valence-electron chi connectivity index (χ4n) is 1.69. The highest BCUT2D eigenvalue weighted by Crippen LogP contribution is 2.14. The molecule has 0 saturated heterocycles. The molecule has 1 aromatic rings. The maximum Gasteiger partial charge on any atom is 0.224 e. The molecule has 19 heavy (non-hydrogen) atoms. The summed E-state index contributed by atoms with van der Waals surface area (Å²) in [5, 5.41) is 12.3. The van der Waals surface area contributed by atoms with E-state index in [1.54, 1.807) is 7.11 Å². The quantitative estimate of drug-likeness (QED) is 0.697. The van der Waals surface area contributed by atoms with Crippen LogP contribution in [0.25, 0.3) is 0 Å². The molecule has 0 unspecified atom stereocenters. The van der Waals surface area contributed by atoms with E-state index in [0.29, 0.717) is 25.6 Å². The van der Waals surface area contributed by atoms with Gasteiger partial charge in [-0.1, -0.05) is 6.92 Å². The first-order valence-corrected chi connectivity index (χ1v) is 6.65. The van der Waals surface area contributed by atoms with Gasteiger partial charge in [0.1, 0.15) is 5.82 Å². The number of hydrogen-bond donors (Lipinski definition) is 2. The molecule has 1 aromatic heterocycles. The predicted molar refractivity (Wildman–Crippen MR) is 76.7 cm³/mol. The summed E-state index contributed by atoms with van der Waals surface area (Å²) in [6.45, 7) is 6.80. The summed E-state index contributed by atoms with van der Waals surface area (Å²) in [5.41, 5.74) is 0.906. The van der Waals surface area contributed by atoms with E-state index in [2.05, 4.69) is 22.2 Å². The van der Waals surface area contributed by atoms with Crippen molar-refractivity contribution >= 4 is 11.8 Å². The molecule has 1 rings (SSSR count). The molecule has 0 radical (unpaired) electrons. The van der Waals surface area contributed by atoms with Crippen LogP contribution in [0.4, 0.5) is 11.8 Å². The lowest BCUT2D eigenvalue weighted by Crippen LogP contribution is -2.31. The first-order chi connectivity index (χ1) is 9.21. The molecule has 6 heteroatoms. The minimum Gasteiger partial charge on any atom is -0.395 e. The maximum atomic E-state index is 9.14. The Morgan fingerprint density at radius 2 is 2.16 bits per heavy atom. The van der Waals surface area contributed by atoms with Crippen LogP contribution in [0.5, 0.6) is 0 Å². The molecule has 0 aromatic carbocycles. The van der Waals surface area contributed by atoms with Crippen LogP contribution in [0.15, 0.2) is 6.07 Å². The van der Waals surface area contributed by atoms with Gasteiger partial charge in [-0.25, -0.2) is 4.98 Å². The molecule has 6 nitrogen and oxygen atoms in total. The molecule has 0 spiro atoms. The van der Waals surface area contributed by atoms with Crippen molar-refractivity contribution in [3.63, 3.8) is 0 Å². The van der Waals surface area contributed by atoms with Gasteiger partial charge in [0.2, 0.25) is 5.95 Å². The fraction of sp³-hybridized carbons (Fsp3) is 0.692. The van der Waals surface area contributed by atoms with Gasteiger partial charge in [-0.05, 0) is 13.3 Å². The summed E-state index contributed by atoms with van der Waals surface area (Å²) in [6.07, 6.45) is 1.02. The zero-order valence-corrected chi connectivity index (χ0v) is 12.0. The van der Waals surface area contributed by atoms with E-state index in [-0.39, 0.29) is 6.61 Å². The molecule has 0 aliphatic carbocycles. The Kier molecular flexibility index (Phi) is 7.14. The molecule has 0 atom stereocenters. The molecule has 1 heterocycles. The van der Waals surface area contributed by atoms with Crippen molar-refractivity contribution in [2.24, 2.45) is 0 Å². The first-order valence-electron chi connectivity index (χ1n) is 6.65. The minimum absolute atomic E-state index is 0.0878. The Labute approximate surface area is 114 Å². The lowest BCUT2D eigenvalue weighted by molar-refractivity contribution is 0.202. The van der Waals surface area contributed by atoms with Crippen molar-refractivity contribution in [2.75, 3.05) is 50.2 Å². The molecule has 0 aliphatic heterocycles. The zero-order valence-electron chi connectivity index (χ0n) is 12.0. The van der Waals surface area contributed by atoms with Crippen LogP contribution < -0.4 is 10.2 Å². The Bertz CT molecular complexity index is 374. The summed E-state index contributed by atoms with van der Waals surface area (Å²) in [4.78, 5) is 10.8. The lowest BCUT2D eigenvalue weighted by Gasteiger charge is -2.23. The first kappa shape index (κ1) is 15.7. The van der Waals surface area contributed by atoms with Crippen molar-refractivity contribution < 1.29 is 9.84 Å². The van der Waals surface area contributed by atoms with E-state index in [4.69, 9.17) is 9.84 Å². The van der Waals surface area contributed by atoms with Gasteiger partial charge in [-0.15, -0.1) is 0 Å². The molecule has 0 aliphatic rings. The molecule has 2 N–H and O–H groups in total. The average molecular weight is 268 g/mol. The largest absolute Gasteiger partial charge is 0.395 e. The summed E-state index contributed by atoms with van der Waals surface area (Å²) in [7, 11) is 1.66. The number of nitrogens with zero attached hydrogens (tertiary/aromatic N) is 3. The monoisotopic (exact) mass is 268 g/mol. The molecular formula is C13H24N4O2. The highest BCUT2D eigenvalue weighted by atomic mass is 16.5. The van der Waals surface area contributed by atoms with Gasteiger partial charge < -0.3 is 20.1 Å². The van der Waals surface area contributed by atoms with Gasteiger partial charge in [-0.2, -0.15) is 4.98 Å². The zero-order chi connectivity index (χ0) is 14.1. The van der Waals surface area contributed by atoms with Gasteiger partial charge in [-0.3, -0.25) is 0 Å². The van der Waals surface area contributed by atoms with Crippen LogP contribution in [-0.2, 0) is 4.74 Å². The van der Waals surface area contributed by atoms with Crippen molar-refractivity contribution in [2.45, 2.75) is 20.3 Å². The van der Waals surface area contributed by atoms with Gasteiger partial charge >= 0.3 is 0 Å². The number of aliphatic hydroxyl groups excluding tert-OH is 1. The number of aryl methyl sites for hydroxylation is 1. The van der Waals surface area contributed by atoms with E-state index in [1.165, 1.54) is 0 Å². The van der Waals surface area contributed by atoms with Crippen LogP contribution in [0, 0.1) is 6.92 Å². The second-order valence-electron chi connectivity index (χ2n) is 4.32. The van der Waals surface area contributed by atoms with Crippen LogP contribution in [-0.4, -0.2) is 55.0 Å². The van der Waals surface area contributed by atoms with Crippen molar-refractivity contribution in [1.29, 1.82) is 0 Å². The topological polar surface area (TPSA) is 70.5 Å². The van der Waals surface area contributed by atoms with E-state index in [0.717, 1.165) is 24.5 Å². The SMILES string of the molecule is CCCNc1nc(C)cc(N(CCO)CCOC)n1. The van der Waals surface area contributed by atoms with Gasteiger partial charge in [0.25, 0.3) is 0 Å². The lowest BCUT2D eigenvalue weighted by atomic mass is 10.3. The fourth-order valence-corrected chi connectivity index (χ4v) is 1.69. The van der Waals surface area contributed by atoms with Crippen LogP contribution in [0.2, 0.25) is 0 Å². The number of nitrogens with one attached hydrogen (secondary N) is 1. The second-order valence-corrected chi connectivity index (χ2v) is 4.32.